The van der Waals surface area contributed by atoms with E-state index in [-0.39, 0.29) is 5.91 Å². The van der Waals surface area contributed by atoms with Crippen molar-refractivity contribution in [1.82, 2.24) is 4.90 Å². The minimum absolute atomic E-state index is 0.106. The molecule has 0 fully saturated rings. The van der Waals surface area contributed by atoms with Gasteiger partial charge in [-0.05, 0) is 62.4 Å². The Labute approximate surface area is 135 Å². The van der Waals surface area contributed by atoms with Gasteiger partial charge in [0, 0.05) is 18.2 Å². The fraction of sp³-hybridized carbons (Fsp3) is 0.632. The molecule has 1 atom stereocenters. The van der Waals surface area contributed by atoms with Crippen molar-refractivity contribution in [3.05, 3.63) is 29.3 Å². The second kappa shape index (κ2) is 8.33. The Balaban J connectivity index is 2.13. The van der Waals surface area contributed by atoms with Gasteiger partial charge in [-0.25, -0.2) is 0 Å². The molecule has 1 aromatic carbocycles. The number of carbonyl (C=O) groups excluding carboxylic acids is 1. The van der Waals surface area contributed by atoms with Crippen LogP contribution >= 0.6 is 0 Å². The molecular weight excluding hydrogens is 272 g/mol. The summed E-state index contributed by atoms with van der Waals surface area (Å²) in [7, 11) is 0. The number of benzene rings is 1. The molecule has 0 aromatic heterocycles. The molecule has 22 heavy (non-hydrogen) atoms. The van der Waals surface area contributed by atoms with Crippen molar-refractivity contribution < 1.29 is 4.79 Å². The average Bonchev–Trinajstić information content (AvgIpc) is 2.54. The van der Waals surface area contributed by atoms with Gasteiger partial charge >= 0.3 is 0 Å². The Morgan fingerprint density at radius 1 is 1.23 bits per heavy atom. The SMILES string of the molecule is CCCN(CCC)C1CCc2c(cccc2NC(=O)CC)C1. The van der Waals surface area contributed by atoms with Crippen LogP contribution in [0.15, 0.2) is 18.2 Å². The van der Waals surface area contributed by atoms with Crippen molar-refractivity contribution in [2.45, 2.75) is 65.3 Å². The Hall–Kier alpha value is -1.35. The van der Waals surface area contributed by atoms with E-state index in [1.807, 2.05) is 13.0 Å². The summed E-state index contributed by atoms with van der Waals surface area (Å²) in [5, 5.41) is 3.06. The predicted molar refractivity (Wildman–Crippen MR) is 93.3 cm³/mol. The van der Waals surface area contributed by atoms with E-state index in [1.54, 1.807) is 0 Å². The minimum atomic E-state index is 0.106. The third kappa shape index (κ3) is 4.10. The Bertz CT molecular complexity index is 492. The maximum atomic E-state index is 11.7. The summed E-state index contributed by atoms with van der Waals surface area (Å²) in [5.74, 6) is 0.106. The molecule has 0 bridgehead atoms. The molecule has 1 N–H and O–H groups in total. The van der Waals surface area contributed by atoms with Crippen LogP contribution in [0.3, 0.4) is 0 Å². The second-order valence-electron chi connectivity index (χ2n) is 6.28. The summed E-state index contributed by atoms with van der Waals surface area (Å²) in [6.45, 7) is 8.81. The van der Waals surface area contributed by atoms with Crippen LogP contribution in [0.4, 0.5) is 5.69 Å². The molecule has 0 saturated carbocycles. The number of hydrogen-bond donors (Lipinski definition) is 1. The largest absolute Gasteiger partial charge is 0.326 e. The monoisotopic (exact) mass is 302 g/mol. The maximum Gasteiger partial charge on any atom is 0.224 e. The Morgan fingerprint density at radius 3 is 2.59 bits per heavy atom. The van der Waals surface area contributed by atoms with Crippen LogP contribution in [0.2, 0.25) is 0 Å². The van der Waals surface area contributed by atoms with Crippen molar-refractivity contribution in [3.8, 4) is 0 Å². The first-order valence-corrected chi connectivity index (χ1v) is 8.84. The first-order chi connectivity index (χ1) is 10.7. The molecule has 1 aromatic rings. The number of rotatable bonds is 7. The summed E-state index contributed by atoms with van der Waals surface area (Å²) in [5.41, 5.74) is 3.80. The molecule has 0 heterocycles. The van der Waals surface area contributed by atoms with E-state index < -0.39 is 0 Å². The predicted octanol–water partition coefficient (Wildman–Crippen LogP) is 4.01. The Morgan fingerprint density at radius 2 is 1.95 bits per heavy atom. The van der Waals surface area contributed by atoms with E-state index in [0.717, 1.165) is 18.5 Å². The van der Waals surface area contributed by atoms with Gasteiger partial charge in [0.1, 0.15) is 0 Å². The highest BCUT2D eigenvalue weighted by Gasteiger charge is 2.25. The highest BCUT2D eigenvalue weighted by molar-refractivity contribution is 5.91. The van der Waals surface area contributed by atoms with E-state index in [1.165, 1.54) is 43.5 Å². The number of amides is 1. The van der Waals surface area contributed by atoms with Gasteiger partial charge in [0.15, 0.2) is 0 Å². The molecule has 3 heteroatoms. The molecule has 0 saturated heterocycles. The first-order valence-electron chi connectivity index (χ1n) is 8.84. The molecule has 122 valence electrons. The van der Waals surface area contributed by atoms with E-state index in [4.69, 9.17) is 0 Å². The quantitative estimate of drug-likeness (QED) is 0.825. The van der Waals surface area contributed by atoms with Crippen molar-refractivity contribution in [1.29, 1.82) is 0 Å². The van der Waals surface area contributed by atoms with E-state index in [2.05, 4.69) is 36.2 Å². The smallest absolute Gasteiger partial charge is 0.224 e. The zero-order chi connectivity index (χ0) is 15.9. The molecule has 1 aliphatic carbocycles. The van der Waals surface area contributed by atoms with Gasteiger partial charge in [-0.2, -0.15) is 0 Å². The van der Waals surface area contributed by atoms with Crippen LogP contribution in [0, 0.1) is 0 Å². The van der Waals surface area contributed by atoms with Gasteiger partial charge < -0.3 is 10.2 Å². The van der Waals surface area contributed by atoms with Gasteiger partial charge in [-0.3, -0.25) is 4.79 Å². The van der Waals surface area contributed by atoms with Crippen LogP contribution in [-0.2, 0) is 17.6 Å². The summed E-state index contributed by atoms with van der Waals surface area (Å²) < 4.78 is 0. The summed E-state index contributed by atoms with van der Waals surface area (Å²) in [6.07, 6.45) is 6.36. The number of carbonyl (C=O) groups is 1. The molecule has 3 nitrogen and oxygen atoms in total. The van der Waals surface area contributed by atoms with Crippen LogP contribution in [0.1, 0.15) is 57.6 Å². The van der Waals surface area contributed by atoms with E-state index in [0.29, 0.717) is 12.5 Å². The van der Waals surface area contributed by atoms with Gasteiger partial charge in [-0.15, -0.1) is 0 Å². The first kappa shape index (κ1) is 17.0. The summed E-state index contributed by atoms with van der Waals surface area (Å²) >= 11 is 0. The number of hydrogen-bond acceptors (Lipinski definition) is 2. The van der Waals surface area contributed by atoms with Crippen molar-refractivity contribution >= 4 is 11.6 Å². The molecule has 1 aliphatic rings. The van der Waals surface area contributed by atoms with Gasteiger partial charge in [0.05, 0.1) is 0 Å². The lowest BCUT2D eigenvalue weighted by Gasteiger charge is -2.35. The third-order valence-electron chi connectivity index (χ3n) is 4.59. The fourth-order valence-corrected chi connectivity index (χ4v) is 3.51. The van der Waals surface area contributed by atoms with E-state index in [9.17, 15) is 4.79 Å². The Kier molecular flexibility index (Phi) is 6.44. The average molecular weight is 302 g/mol. The molecular formula is C19H30N2O. The van der Waals surface area contributed by atoms with Gasteiger partial charge in [0.25, 0.3) is 0 Å². The summed E-state index contributed by atoms with van der Waals surface area (Å²) in [4.78, 5) is 14.3. The van der Waals surface area contributed by atoms with Crippen molar-refractivity contribution in [2.24, 2.45) is 0 Å². The second-order valence-corrected chi connectivity index (χ2v) is 6.28. The third-order valence-corrected chi connectivity index (χ3v) is 4.59. The van der Waals surface area contributed by atoms with E-state index >= 15 is 0 Å². The lowest BCUT2D eigenvalue weighted by atomic mass is 9.86. The van der Waals surface area contributed by atoms with Gasteiger partial charge in [0.2, 0.25) is 5.91 Å². The number of nitrogens with one attached hydrogen (secondary N) is 1. The highest BCUT2D eigenvalue weighted by atomic mass is 16.1. The minimum Gasteiger partial charge on any atom is -0.326 e. The number of nitrogens with zero attached hydrogens (tertiary/aromatic N) is 1. The zero-order valence-electron chi connectivity index (χ0n) is 14.3. The standard InChI is InChI=1S/C19H30N2O/c1-4-12-21(13-5-2)16-10-11-17-15(14-16)8-7-9-18(17)20-19(22)6-3/h7-9,16H,4-6,10-14H2,1-3H3,(H,20,22). The highest BCUT2D eigenvalue weighted by Crippen LogP contribution is 2.30. The lowest BCUT2D eigenvalue weighted by molar-refractivity contribution is -0.115. The zero-order valence-corrected chi connectivity index (χ0v) is 14.3. The van der Waals surface area contributed by atoms with Crippen LogP contribution < -0.4 is 5.32 Å². The molecule has 2 rings (SSSR count). The van der Waals surface area contributed by atoms with Crippen molar-refractivity contribution in [3.63, 3.8) is 0 Å². The molecule has 1 unspecified atom stereocenters. The van der Waals surface area contributed by atoms with Gasteiger partial charge in [-0.1, -0.05) is 32.9 Å². The maximum absolute atomic E-state index is 11.7. The number of fused-ring (bicyclic) bond motifs is 1. The molecule has 0 spiro atoms. The van der Waals surface area contributed by atoms with Crippen molar-refractivity contribution in [2.75, 3.05) is 18.4 Å². The van der Waals surface area contributed by atoms with Crippen LogP contribution in [-0.4, -0.2) is 29.9 Å². The summed E-state index contributed by atoms with van der Waals surface area (Å²) in [6, 6.07) is 7.02. The van der Waals surface area contributed by atoms with Crippen LogP contribution in [0.25, 0.3) is 0 Å². The fourth-order valence-electron chi connectivity index (χ4n) is 3.51. The number of anilines is 1. The molecule has 1 amide bonds. The topological polar surface area (TPSA) is 32.3 Å². The van der Waals surface area contributed by atoms with Crippen LogP contribution in [0.5, 0.6) is 0 Å². The molecule has 0 aliphatic heterocycles. The molecule has 0 radical (unpaired) electrons. The normalized spacial score (nSPS) is 17.4. The lowest BCUT2D eigenvalue weighted by Crippen LogP contribution is -2.40.